The second kappa shape index (κ2) is 3.72. The molecule has 0 saturated heterocycles. The molecule has 0 radical (unpaired) electrons. The fourth-order valence-electron chi connectivity index (χ4n) is 3.06. The van der Waals surface area contributed by atoms with Crippen LogP contribution in [0, 0.1) is 16.7 Å². The summed E-state index contributed by atoms with van der Waals surface area (Å²) in [5, 5.41) is 6.42. The molecule has 2 rings (SSSR count). The van der Waals surface area contributed by atoms with E-state index in [4.69, 9.17) is 11.6 Å². The van der Waals surface area contributed by atoms with Crippen LogP contribution in [0.2, 0.25) is 5.02 Å². The summed E-state index contributed by atoms with van der Waals surface area (Å²) in [7, 11) is 2.03. The fraction of sp³-hybridized carbons (Fsp3) is 0.692. The number of rotatable bonds is 3. The Labute approximate surface area is 107 Å². The van der Waals surface area contributed by atoms with E-state index in [-0.39, 0.29) is 0 Å². The van der Waals surface area contributed by atoms with Crippen LogP contribution >= 0.6 is 22.9 Å². The molecule has 16 heavy (non-hydrogen) atoms. The topological polar surface area (TPSA) is 12.0 Å². The molecule has 0 spiro atoms. The number of hydrogen-bond acceptors (Lipinski definition) is 2. The van der Waals surface area contributed by atoms with Gasteiger partial charge in [0.25, 0.3) is 0 Å². The maximum Gasteiger partial charge on any atom is 0.0561 e. The van der Waals surface area contributed by atoms with Crippen LogP contribution in [0.1, 0.15) is 38.6 Å². The molecule has 1 saturated carbocycles. The zero-order valence-corrected chi connectivity index (χ0v) is 12.2. The molecule has 3 heteroatoms. The van der Waals surface area contributed by atoms with Crippen molar-refractivity contribution in [3.8, 4) is 0 Å². The van der Waals surface area contributed by atoms with Crippen LogP contribution in [0.3, 0.4) is 0 Å². The lowest BCUT2D eigenvalue weighted by Gasteiger charge is -2.17. The molecule has 0 bridgehead atoms. The van der Waals surface area contributed by atoms with Crippen LogP contribution < -0.4 is 5.32 Å². The van der Waals surface area contributed by atoms with E-state index in [9.17, 15) is 0 Å². The largest absolute Gasteiger partial charge is 0.312 e. The Kier molecular flexibility index (Phi) is 2.89. The Morgan fingerprint density at radius 1 is 1.31 bits per heavy atom. The molecule has 90 valence electrons. The van der Waals surface area contributed by atoms with Gasteiger partial charge < -0.3 is 5.32 Å². The first kappa shape index (κ1) is 12.4. The zero-order valence-electron chi connectivity index (χ0n) is 10.6. The van der Waals surface area contributed by atoms with Crippen LogP contribution in [-0.2, 0) is 0 Å². The third kappa shape index (κ3) is 1.54. The second-order valence-electron chi connectivity index (χ2n) is 5.82. The molecule has 1 heterocycles. The van der Waals surface area contributed by atoms with E-state index in [1.165, 1.54) is 4.88 Å². The molecule has 1 N–H and O–H groups in total. The van der Waals surface area contributed by atoms with Gasteiger partial charge in [-0.15, -0.1) is 11.3 Å². The lowest BCUT2D eigenvalue weighted by Crippen LogP contribution is -2.20. The predicted octanol–water partition coefficient (Wildman–Crippen LogP) is 4.34. The van der Waals surface area contributed by atoms with Crippen molar-refractivity contribution in [1.82, 2.24) is 5.32 Å². The van der Waals surface area contributed by atoms with Gasteiger partial charge in [0.05, 0.1) is 5.02 Å². The molecular formula is C13H20ClNS. The first-order valence-electron chi connectivity index (χ1n) is 5.74. The second-order valence-corrected chi connectivity index (χ2v) is 7.18. The van der Waals surface area contributed by atoms with Gasteiger partial charge in [0, 0.05) is 10.9 Å². The molecule has 1 unspecified atom stereocenters. The average molecular weight is 258 g/mol. The van der Waals surface area contributed by atoms with E-state index in [1.54, 1.807) is 11.3 Å². The summed E-state index contributed by atoms with van der Waals surface area (Å²) < 4.78 is 0. The maximum absolute atomic E-state index is 6.24. The first-order chi connectivity index (χ1) is 7.34. The highest BCUT2D eigenvalue weighted by Crippen LogP contribution is 2.72. The number of thiophene rings is 1. The Morgan fingerprint density at radius 2 is 1.88 bits per heavy atom. The fourth-order valence-corrected chi connectivity index (χ4v) is 4.38. The standard InChI is InChI=1S/C13H20ClNS/c1-12(2)11(13(12,3)4)9(15-5)10-8(14)6-7-16-10/h6-7,9,11,15H,1-5H3. The lowest BCUT2D eigenvalue weighted by atomic mass is 10.0. The summed E-state index contributed by atoms with van der Waals surface area (Å²) in [4.78, 5) is 1.29. The van der Waals surface area contributed by atoms with Gasteiger partial charge in [-0.1, -0.05) is 39.3 Å². The van der Waals surface area contributed by atoms with Crippen molar-refractivity contribution < 1.29 is 0 Å². The minimum Gasteiger partial charge on any atom is -0.312 e. The van der Waals surface area contributed by atoms with E-state index < -0.39 is 0 Å². The minimum absolute atomic E-state index is 0.383. The molecule has 1 aromatic rings. The zero-order chi connectivity index (χ0) is 12.1. The highest BCUT2D eigenvalue weighted by Gasteiger charge is 2.67. The molecular weight excluding hydrogens is 238 g/mol. The van der Waals surface area contributed by atoms with Crippen molar-refractivity contribution in [3.63, 3.8) is 0 Å². The summed E-state index contributed by atoms with van der Waals surface area (Å²) in [6.45, 7) is 9.40. The van der Waals surface area contributed by atoms with Gasteiger partial charge in [-0.3, -0.25) is 0 Å². The normalized spacial score (nSPS) is 24.4. The SMILES string of the molecule is CNC(c1sccc1Cl)C1C(C)(C)C1(C)C. The van der Waals surface area contributed by atoms with E-state index in [0.29, 0.717) is 22.8 Å². The molecule has 1 aliphatic carbocycles. The van der Waals surface area contributed by atoms with Crippen LogP contribution in [0.4, 0.5) is 0 Å². The highest BCUT2D eigenvalue weighted by molar-refractivity contribution is 7.10. The number of halogens is 1. The average Bonchev–Trinajstić information content (AvgIpc) is 2.54. The third-order valence-corrected chi connectivity index (χ3v) is 6.15. The number of nitrogens with one attached hydrogen (secondary N) is 1. The van der Waals surface area contributed by atoms with Crippen molar-refractivity contribution >= 4 is 22.9 Å². The maximum atomic E-state index is 6.24. The highest BCUT2D eigenvalue weighted by atomic mass is 35.5. The quantitative estimate of drug-likeness (QED) is 0.849. The lowest BCUT2D eigenvalue weighted by molar-refractivity contribution is 0.444. The molecule has 1 atom stereocenters. The molecule has 1 aliphatic rings. The predicted molar refractivity (Wildman–Crippen MR) is 72.2 cm³/mol. The molecule has 0 aromatic carbocycles. The van der Waals surface area contributed by atoms with Crippen molar-refractivity contribution in [2.45, 2.75) is 33.7 Å². The summed E-state index contributed by atoms with van der Waals surface area (Å²) >= 11 is 8.00. The van der Waals surface area contributed by atoms with Gasteiger partial charge in [-0.25, -0.2) is 0 Å². The van der Waals surface area contributed by atoms with E-state index in [2.05, 4.69) is 38.4 Å². The van der Waals surface area contributed by atoms with Crippen molar-refractivity contribution in [2.75, 3.05) is 7.05 Å². The third-order valence-electron chi connectivity index (χ3n) is 4.70. The van der Waals surface area contributed by atoms with E-state index >= 15 is 0 Å². The Bertz CT molecular complexity index is 380. The first-order valence-corrected chi connectivity index (χ1v) is 7.00. The van der Waals surface area contributed by atoms with Crippen molar-refractivity contribution in [3.05, 3.63) is 21.3 Å². The summed E-state index contributed by atoms with van der Waals surface area (Å²) in [5.41, 5.74) is 0.766. The minimum atomic E-state index is 0.383. The Hall–Kier alpha value is -0.0500. The van der Waals surface area contributed by atoms with Gasteiger partial charge in [0.2, 0.25) is 0 Å². The van der Waals surface area contributed by atoms with Gasteiger partial charge in [0.1, 0.15) is 0 Å². The summed E-state index contributed by atoms with van der Waals surface area (Å²) in [5.74, 6) is 0.654. The molecule has 1 nitrogen and oxygen atoms in total. The number of hydrogen-bond donors (Lipinski definition) is 1. The van der Waals surface area contributed by atoms with Gasteiger partial charge in [-0.05, 0) is 35.2 Å². The Morgan fingerprint density at radius 3 is 2.19 bits per heavy atom. The van der Waals surface area contributed by atoms with E-state index in [1.807, 2.05) is 13.1 Å². The molecule has 0 amide bonds. The molecule has 0 aliphatic heterocycles. The van der Waals surface area contributed by atoms with Crippen LogP contribution in [-0.4, -0.2) is 7.05 Å². The van der Waals surface area contributed by atoms with Crippen LogP contribution in [0.15, 0.2) is 11.4 Å². The van der Waals surface area contributed by atoms with Crippen LogP contribution in [0.25, 0.3) is 0 Å². The van der Waals surface area contributed by atoms with E-state index in [0.717, 1.165) is 5.02 Å². The van der Waals surface area contributed by atoms with Crippen molar-refractivity contribution in [1.29, 1.82) is 0 Å². The monoisotopic (exact) mass is 257 g/mol. The molecule has 1 fully saturated rings. The van der Waals surface area contributed by atoms with Crippen LogP contribution in [0.5, 0.6) is 0 Å². The van der Waals surface area contributed by atoms with Gasteiger partial charge >= 0.3 is 0 Å². The summed E-state index contributed by atoms with van der Waals surface area (Å²) in [6.07, 6.45) is 0. The smallest absolute Gasteiger partial charge is 0.0561 e. The van der Waals surface area contributed by atoms with Gasteiger partial charge in [-0.2, -0.15) is 0 Å². The molecule has 1 aromatic heterocycles. The van der Waals surface area contributed by atoms with Crippen molar-refractivity contribution in [2.24, 2.45) is 16.7 Å². The summed E-state index contributed by atoms with van der Waals surface area (Å²) in [6, 6.07) is 2.38. The Balaban J connectivity index is 2.31. The van der Waals surface area contributed by atoms with Gasteiger partial charge in [0.15, 0.2) is 0 Å².